The Hall–Kier alpha value is -3.10. The molecule has 0 heterocycles. The van der Waals surface area contributed by atoms with E-state index < -0.39 is 29.5 Å². The Bertz CT molecular complexity index is 660. The maximum Gasteiger partial charge on any atom is 0.407 e. The number of amides is 2. The summed E-state index contributed by atoms with van der Waals surface area (Å²) in [5, 5.41) is 22.9. The molecule has 0 aliphatic heterocycles. The average molecular weight is 352 g/mol. The van der Waals surface area contributed by atoms with Crippen molar-refractivity contribution >= 4 is 23.9 Å². The van der Waals surface area contributed by atoms with Gasteiger partial charge in [0.2, 0.25) is 0 Å². The lowest BCUT2D eigenvalue weighted by atomic mass is 10.1. The summed E-state index contributed by atoms with van der Waals surface area (Å²) in [5.74, 6) is -3.34. The van der Waals surface area contributed by atoms with Crippen LogP contribution in [0, 0.1) is 0 Å². The van der Waals surface area contributed by atoms with Crippen LogP contribution in [-0.2, 0) is 4.74 Å². The molecule has 0 aliphatic carbocycles. The van der Waals surface area contributed by atoms with Gasteiger partial charge < -0.3 is 25.6 Å². The van der Waals surface area contributed by atoms with Gasteiger partial charge in [0.25, 0.3) is 5.91 Å². The van der Waals surface area contributed by atoms with Crippen LogP contribution in [0.1, 0.15) is 51.8 Å². The van der Waals surface area contributed by atoms with Gasteiger partial charge in [0.15, 0.2) is 0 Å². The summed E-state index contributed by atoms with van der Waals surface area (Å²) in [6, 6.07) is 3.11. The minimum absolute atomic E-state index is 0.0534. The molecule has 136 valence electrons. The number of nitrogens with one attached hydrogen (secondary N) is 2. The molecule has 0 unspecified atom stereocenters. The van der Waals surface area contributed by atoms with E-state index in [0.717, 1.165) is 18.2 Å². The highest BCUT2D eigenvalue weighted by Crippen LogP contribution is 2.11. The third-order valence-electron chi connectivity index (χ3n) is 2.77. The molecule has 0 atom stereocenters. The van der Waals surface area contributed by atoms with E-state index in [1.807, 2.05) is 0 Å². The molecule has 1 aromatic carbocycles. The molecule has 2 amide bonds. The van der Waals surface area contributed by atoms with Crippen LogP contribution < -0.4 is 10.6 Å². The second-order valence-electron chi connectivity index (χ2n) is 6.09. The van der Waals surface area contributed by atoms with Gasteiger partial charge in [-0.25, -0.2) is 14.4 Å². The van der Waals surface area contributed by atoms with E-state index in [0.29, 0.717) is 0 Å². The molecular formula is C16H20N2O7. The third kappa shape index (κ3) is 6.90. The summed E-state index contributed by atoms with van der Waals surface area (Å²) >= 11 is 0. The summed E-state index contributed by atoms with van der Waals surface area (Å²) in [6.07, 6.45) is -0.636. The van der Waals surface area contributed by atoms with Gasteiger partial charge in [-0.15, -0.1) is 0 Å². The fraction of sp³-hybridized carbons (Fsp3) is 0.375. The fourth-order valence-corrected chi connectivity index (χ4v) is 1.76. The van der Waals surface area contributed by atoms with Gasteiger partial charge in [0.05, 0.1) is 11.1 Å². The van der Waals surface area contributed by atoms with Crippen LogP contribution in [0.2, 0.25) is 0 Å². The van der Waals surface area contributed by atoms with Gasteiger partial charge in [-0.3, -0.25) is 4.79 Å². The van der Waals surface area contributed by atoms with Gasteiger partial charge in [0, 0.05) is 18.7 Å². The molecule has 25 heavy (non-hydrogen) atoms. The van der Waals surface area contributed by atoms with E-state index in [1.54, 1.807) is 20.8 Å². The lowest BCUT2D eigenvalue weighted by molar-refractivity contribution is 0.0525. The number of carbonyl (C=O) groups is 4. The molecule has 0 saturated heterocycles. The summed E-state index contributed by atoms with van der Waals surface area (Å²) in [6.45, 7) is 5.28. The van der Waals surface area contributed by atoms with Crippen molar-refractivity contribution in [2.75, 3.05) is 13.1 Å². The lowest BCUT2D eigenvalue weighted by Crippen LogP contribution is -2.37. The molecule has 0 saturated carbocycles. The number of ether oxygens (including phenoxy) is 1. The number of carboxylic acids is 2. The van der Waals surface area contributed by atoms with Crippen molar-refractivity contribution in [1.29, 1.82) is 0 Å². The first kappa shape index (κ1) is 19.9. The number of hydrogen-bond donors (Lipinski definition) is 4. The van der Waals surface area contributed by atoms with Crippen LogP contribution in [0.4, 0.5) is 4.79 Å². The van der Waals surface area contributed by atoms with E-state index in [2.05, 4.69) is 10.6 Å². The van der Waals surface area contributed by atoms with Gasteiger partial charge >= 0.3 is 18.0 Å². The molecule has 0 bridgehead atoms. The number of rotatable bonds is 6. The van der Waals surface area contributed by atoms with Crippen LogP contribution in [-0.4, -0.2) is 52.8 Å². The van der Waals surface area contributed by atoms with Crippen molar-refractivity contribution in [3.63, 3.8) is 0 Å². The first-order valence-corrected chi connectivity index (χ1v) is 7.36. The van der Waals surface area contributed by atoms with Crippen molar-refractivity contribution in [2.24, 2.45) is 0 Å². The van der Waals surface area contributed by atoms with Crippen LogP contribution in [0.25, 0.3) is 0 Å². The first-order chi connectivity index (χ1) is 11.5. The zero-order valence-corrected chi connectivity index (χ0v) is 14.1. The quantitative estimate of drug-likeness (QED) is 0.566. The van der Waals surface area contributed by atoms with Crippen molar-refractivity contribution in [1.82, 2.24) is 10.6 Å². The maximum absolute atomic E-state index is 12.0. The Kier molecular flexibility index (Phi) is 6.49. The van der Waals surface area contributed by atoms with Gasteiger partial charge in [0.1, 0.15) is 5.60 Å². The summed E-state index contributed by atoms with van der Waals surface area (Å²) in [4.78, 5) is 45.5. The fourth-order valence-electron chi connectivity index (χ4n) is 1.76. The molecule has 0 fully saturated rings. The summed E-state index contributed by atoms with van der Waals surface area (Å²) in [7, 11) is 0. The highest BCUT2D eigenvalue weighted by molar-refractivity contribution is 6.01. The largest absolute Gasteiger partial charge is 0.478 e. The number of alkyl carbamates (subject to hydrolysis) is 1. The van der Waals surface area contributed by atoms with Gasteiger partial charge in [-0.1, -0.05) is 0 Å². The number of benzene rings is 1. The molecule has 0 spiro atoms. The zero-order chi connectivity index (χ0) is 19.2. The minimum Gasteiger partial charge on any atom is -0.478 e. The van der Waals surface area contributed by atoms with E-state index in [9.17, 15) is 19.2 Å². The Morgan fingerprint density at radius 2 is 1.32 bits per heavy atom. The average Bonchev–Trinajstić information content (AvgIpc) is 2.49. The Morgan fingerprint density at radius 1 is 0.880 bits per heavy atom. The predicted molar refractivity (Wildman–Crippen MR) is 86.9 cm³/mol. The van der Waals surface area contributed by atoms with Gasteiger partial charge in [-0.05, 0) is 39.0 Å². The molecule has 1 aromatic rings. The highest BCUT2D eigenvalue weighted by Gasteiger charge is 2.17. The SMILES string of the molecule is CC(C)(C)OC(=O)NCCNC(=O)c1cc(C(=O)O)cc(C(=O)O)c1. The van der Waals surface area contributed by atoms with E-state index in [-0.39, 0.29) is 29.8 Å². The summed E-state index contributed by atoms with van der Waals surface area (Å²) in [5.41, 5.74) is -1.36. The Labute approximate surface area is 144 Å². The van der Waals surface area contributed by atoms with Crippen LogP contribution in [0.5, 0.6) is 0 Å². The van der Waals surface area contributed by atoms with Crippen LogP contribution in [0.15, 0.2) is 18.2 Å². The maximum atomic E-state index is 12.0. The predicted octanol–water partition coefficient (Wildman–Crippen LogP) is 1.34. The minimum atomic E-state index is -1.34. The number of carbonyl (C=O) groups excluding carboxylic acids is 2. The second kappa shape index (κ2) is 8.13. The highest BCUT2D eigenvalue weighted by atomic mass is 16.6. The number of hydrogen-bond acceptors (Lipinski definition) is 5. The molecule has 0 radical (unpaired) electrons. The normalized spacial score (nSPS) is 10.7. The second-order valence-corrected chi connectivity index (χ2v) is 6.09. The topological polar surface area (TPSA) is 142 Å². The summed E-state index contributed by atoms with van der Waals surface area (Å²) < 4.78 is 5.02. The van der Waals surface area contributed by atoms with Crippen molar-refractivity contribution in [2.45, 2.75) is 26.4 Å². The van der Waals surface area contributed by atoms with Crippen molar-refractivity contribution in [3.05, 3.63) is 34.9 Å². The van der Waals surface area contributed by atoms with E-state index >= 15 is 0 Å². The molecule has 4 N–H and O–H groups in total. The smallest absolute Gasteiger partial charge is 0.407 e. The Balaban J connectivity index is 2.64. The standard InChI is InChI=1S/C16H20N2O7/c1-16(2,3)25-15(24)18-5-4-17-12(19)9-6-10(13(20)21)8-11(7-9)14(22)23/h6-8H,4-5H2,1-3H3,(H,17,19)(H,18,24)(H,20,21)(H,22,23). The van der Waals surface area contributed by atoms with Crippen molar-refractivity contribution in [3.8, 4) is 0 Å². The van der Waals surface area contributed by atoms with E-state index in [1.165, 1.54) is 0 Å². The van der Waals surface area contributed by atoms with Gasteiger partial charge in [-0.2, -0.15) is 0 Å². The molecule has 0 aliphatic rings. The molecule has 9 nitrogen and oxygen atoms in total. The lowest BCUT2D eigenvalue weighted by Gasteiger charge is -2.19. The molecule has 0 aromatic heterocycles. The molecule has 1 rings (SSSR count). The molecular weight excluding hydrogens is 332 g/mol. The Morgan fingerprint density at radius 3 is 1.76 bits per heavy atom. The first-order valence-electron chi connectivity index (χ1n) is 7.36. The zero-order valence-electron chi connectivity index (χ0n) is 14.1. The van der Waals surface area contributed by atoms with E-state index in [4.69, 9.17) is 14.9 Å². The number of aromatic carboxylic acids is 2. The molecule has 9 heteroatoms. The third-order valence-corrected chi connectivity index (χ3v) is 2.77. The monoisotopic (exact) mass is 352 g/mol. The number of carboxylic acid groups (broad SMARTS) is 2. The van der Waals surface area contributed by atoms with Crippen molar-refractivity contribution < 1.29 is 34.1 Å². The van der Waals surface area contributed by atoms with Crippen LogP contribution >= 0.6 is 0 Å². The van der Waals surface area contributed by atoms with Crippen LogP contribution in [0.3, 0.4) is 0 Å².